The van der Waals surface area contributed by atoms with E-state index in [4.69, 9.17) is 22.2 Å². The maximum atomic E-state index is 6.13. The number of fused-ring (bicyclic) bond motifs is 1. The Balaban J connectivity index is 2.07. The molecule has 102 valence electrons. The molecule has 3 rings (SSSR count). The highest BCUT2D eigenvalue weighted by molar-refractivity contribution is 9.10. The van der Waals surface area contributed by atoms with E-state index in [1.165, 1.54) is 0 Å². The van der Waals surface area contributed by atoms with Gasteiger partial charge in [0.1, 0.15) is 5.75 Å². The number of nitrogens with one attached hydrogen (secondary N) is 1. The van der Waals surface area contributed by atoms with Crippen molar-refractivity contribution in [1.82, 2.24) is 14.4 Å². The minimum absolute atomic E-state index is 0.315. The molecule has 0 radical (unpaired) electrons. The number of aromatic nitrogens is 3. The number of hydrogen-bond acceptors (Lipinski definition) is 5. The molecule has 0 saturated heterocycles. The lowest BCUT2D eigenvalue weighted by molar-refractivity contribution is 0.466. The third-order valence-electron chi connectivity index (χ3n) is 2.59. The normalized spacial score (nSPS) is 10.8. The Hall–Kier alpha value is -1.83. The van der Waals surface area contributed by atoms with Crippen LogP contribution < -0.4 is 16.0 Å². The summed E-state index contributed by atoms with van der Waals surface area (Å²) in [7, 11) is 0. The second-order valence-electron chi connectivity index (χ2n) is 3.91. The number of hydrazine groups is 1. The molecule has 6 nitrogen and oxygen atoms in total. The first-order valence-corrected chi connectivity index (χ1v) is 6.77. The standard InChI is InChI=1S/C12H9BrClN5O/c13-7-1-2-9(8(14)5-7)20-12-11-16-3-4-19(11)6-10(17-12)18-15/h1-6,18H,15H2. The van der Waals surface area contributed by atoms with E-state index in [1.807, 2.05) is 6.07 Å². The van der Waals surface area contributed by atoms with Gasteiger partial charge in [-0.2, -0.15) is 4.98 Å². The molecule has 0 aliphatic rings. The predicted molar refractivity (Wildman–Crippen MR) is 80.0 cm³/mol. The van der Waals surface area contributed by atoms with E-state index < -0.39 is 0 Å². The first-order chi connectivity index (χ1) is 9.67. The minimum atomic E-state index is 0.315. The third kappa shape index (κ3) is 2.43. The van der Waals surface area contributed by atoms with E-state index in [2.05, 4.69) is 31.3 Å². The smallest absolute Gasteiger partial charge is 0.265 e. The number of nitrogens with zero attached hydrogens (tertiary/aromatic N) is 3. The summed E-state index contributed by atoms with van der Waals surface area (Å²) >= 11 is 9.47. The minimum Gasteiger partial charge on any atom is -0.434 e. The number of hydrogen-bond donors (Lipinski definition) is 2. The molecule has 0 atom stereocenters. The highest BCUT2D eigenvalue weighted by Crippen LogP contribution is 2.32. The van der Waals surface area contributed by atoms with Crippen LogP contribution in [-0.2, 0) is 0 Å². The SMILES string of the molecule is NNc1cn2ccnc2c(Oc2ccc(Br)cc2Cl)n1. The Morgan fingerprint density at radius 2 is 2.25 bits per heavy atom. The quantitative estimate of drug-likeness (QED) is 0.558. The summed E-state index contributed by atoms with van der Waals surface area (Å²) in [6.07, 6.45) is 5.12. The molecule has 0 spiro atoms. The molecule has 2 aromatic heterocycles. The fourth-order valence-corrected chi connectivity index (χ4v) is 2.42. The van der Waals surface area contributed by atoms with Crippen LogP contribution >= 0.6 is 27.5 Å². The maximum absolute atomic E-state index is 6.13. The summed E-state index contributed by atoms with van der Waals surface area (Å²) in [5.74, 6) is 6.65. The van der Waals surface area contributed by atoms with Crippen molar-refractivity contribution < 1.29 is 4.74 Å². The molecule has 20 heavy (non-hydrogen) atoms. The molecule has 0 fully saturated rings. The molecule has 2 heterocycles. The van der Waals surface area contributed by atoms with Gasteiger partial charge in [-0.1, -0.05) is 27.5 Å². The Labute approximate surface area is 127 Å². The molecule has 8 heteroatoms. The second kappa shape index (κ2) is 5.28. The topological polar surface area (TPSA) is 77.5 Å². The zero-order chi connectivity index (χ0) is 14.1. The van der Waals surface area contributed by atoms with Crippen molar-refractivity contribution in [2.45, 2.75) is 0 Å². The Kier molecular flexibility index (Phi) is 3.47. The van der Waals surface area contributed by atoms with Crippen LogP contribution in [0.4, 0.5) is 5.82 Å². The van der Waals surface area contributed by atoms with Crippen LogP contribution in [0.1, 0.15) is 0 Å². The number of imidazole rings is 1. The molecule has 1 aromatic carbocycles. The molecule has 0 aliphatic heterocycles. The molecular weight excluding hydrogens is 346 g/mol. The summed E-state index contributed by atoms with van der Waals surface area (Å²) in [5, 5.41) is 0.469. The van der Waals surface area contributed by atoms with Gasteiger partial charge in [-0.3, -0.25) is 4.40 Å². The molecule has 0 aliphatic carbocycles. The maximum Gasteiger partial charge on any atom is 0.265 e. The molecule has 0 bridgehead atoms. The van der Waals surface area contributed by atoms with Crippen LogP contribution in [0.5, 0.6) is 11.6 Å². The Bertz CT molecular complexity index is 776. The van der Waals surface area contributed by atoms with Gasteiger partial charge >= 0.3 is 0 Å². The van der Waals surface area contributed by atoms with Gasteiger partial charge in [-0.15, -0.1) is 0 Å². The van der Waals surface area contributed by atoms with Gasteiger partial charge in [-0.25, -0.2) is 10.8 Å². The van der Waals surface area contributed by atoms with E-state index in [1.54, 1.807) is 35.1 Å². The summed E-state index contributed by atoms with van der Waals surface area (Å²) in [4.78, 5) is 8.43. The summed E-state index contributed by atoms with van der Waals surface area (Å²) in [6.45, 7) is 0. The van der Waals surface area contributed by atoms with Crippen LogP contribution in [0.25, 0.3) is 5.65 Å². The van der Waals surface area contributed by atoms with Crippen molar-refractivity contribution in [1.29, 1.82) is 0 Å². The summed E-state index contributed by atoms with van der Waals surface area (Å²) < 4.78 is 8.36. The fraction of sp³-hybridized carbons (Fsp3) is 0. The average Bonchev–Trinajstić information content (AvgIpc) is 2.90. The monoisotopic (exact) mass is 353 g/mol. The van der Waals surface area contributed by atoms with E-state index >= 15 is 0 Å². The summed E-state index contributed by atoms with van der Waals surface area (Å²) in [6, 6.07) is 5.32. The number of ether oxygens (including phenoxy) is 1. The van der Waals surface area contributed by atoms with E-state index in [9.17, 15) is 0 Å². The molecule has 3 N–H and O–H groups in total. The van der Waals surface area contributed by atoms with Gasteiger partial charge < -0.3 is 10.2 Å². The van der Waals surface area contributed by atoms with Crippen LogP contribution in [0.15, 0.2) is 41.3 Å². The van der Waals surface area contributed by atoms with Gasteiger partial charge in [0.25, 0.3) is 5.88 Å². The zero-order valence-corrected chi connectivity index (χ0v) is 12.4. The number of halogens is 2. The van der Waals surface area contributed by atoms with E-state index in [-0.39, 0.29) is 0 Å². The summed E-state index contributed by atoms with van der Waals surface area (Å²) in [5.41, 5.74) is 3.05. The molecule has 0 saturated carbocycles. The highest BCUT2D eigenvalue weighted by Gasteiger charge is 2.11. The number of nitrogens with two attached hydrogens (primary N) is 1. The molecule has 0 unspecified atom stereocenters. The van der Waals surface area contributed by atoms with Crippen LogP contribution in [0.2, 0.25) is 5.02 Å². The lowest BCUT2D eigenvalue weighted by Crippen LogP contribution is -2.10. The molecular formula is C12H9BrClN5O. The first kappa shape index (κ1) is 13.2. The van der Waals surface area contributed by atoms with E-state index in [0.717, 1.165) is 4.47 Å². The van der Waals surface area contributed by atoms with Crippen molar-refractivity contribution in [2.24, 2.45) is 5.84 Å². The number of benzene rings is 1. The Morgan fingerprint density at radius 1 is 1.40 bits per heavy atom. The zero-order valence-electron chi connectivity index (χ0n) is 10.0. The van der Waals surface area contributed by atoms with Gasteiger partial charge in [-0.05, 0) is 18.2 Å². The van der Waals surface area contributed by atoms with Gasteiger partial charge in [0.05, 0.1) is 11.2 Å². The lowest BCUT2D eigenvalue weighted by Gasteiger charge is -2.09. The first-order valence-electron chi connectivity index (χ1n) is 5.60. The van der Waals surface area contributed by atoms with Crippen molar-refractivity contribution >= 4 is 39.0 Å². The number of anilines is 1. The van der Waals surface area contributed by atoms with Gasteiger partial charge in [0, 0.05) is 16.9 Å². The lowest BCUT2D eigenvalue weighted by atomic mass is 10.3. The van der Waals surface area contributed by atoms with E-state index in [0.29, 0.717) is 28.1 Å². The number of rotatable bonds is 3. The predicted octanol–water partition coefficient (Wildman–Crippen LogP) is 3.22. The number of nitrogen functional groups attached to an aromatic ring is 1. The fourth-order valence-electron chi connectivity index (χ4n) is 1.70. The van der Waals surface area contributed by atoms with Crippen LogP contribution in [0.3, 0.4) is 0 Å². The van der Waals surface area contributed by atoms with Crippen LogP contribution in [0, 0.1) is 0 Å². The van der Waals surface area contributed by atoms with Crippen molar-refractivity contribution in [3.8, 4) is 11.6 Å². The van der Waals surface area contributed by atoms with Crippen molar-refractivity contribution in [3.05, 3.63) is 46.3 Å². The molecule has 3 aromatic rings. The van der Waals surface area contributed by atoms with Crippen molar-refractivity contribution in [3.63, 3.8) is 0 Å². The average molecular weight is 355 g/mol. The third-order valence-corrected chi connectivity index (χ3v) is 3.38. The second-order valence-corrected chi connectivity index (χ2v) is 5.23. The van der Waals surface area contributed by atoms with Crippen LogP contribution in [-0.4, -0.2) is 14.4 Å². The highest BCUT2D eigenvalue weighted by atomic mass is 79.9. The molecule has 0 amide bonds. The Morgan fingerprint density at radius 3 is 3.00 bits per heavy atom. The van der Waals surface area contributed by atoms with Crippen molar-refractivity contribution in [2.75, 3.05) is 5.43 Å². The largest absolute Gasteiger partial charge is 0.434 e. The van der Waals surface area contributed by atoms with Gasteiger partial charge in [0.2, 0.25) is 5.65 Å². The van der Waals surface area contributed by atoms with Gasteiger partial charge in [0.15, 0.2) is 5.82 Å².